The maximum atomic E-state index is 12.5. The Balaban J connectivity index is 1.63. The maximum Gasteiger partial charge on any atom is 0.242 e. The molecule has 8 heteroatoms. The minimum Gasteiger partial charge on any atom is -0.314 e. The van der Waals surface area contributed by atoms with Gasteiger partial charge in [-0.15, -0.1) is 10.2 Å². The molecule has 1 amide bonds. The molecule has 0 bridgehead atoms. The third kappa shape index (κ3) is 3.73. The van der Waals surface area contributed by atoms with Gasteiger partial charge in [-0.1, -0.05) is 0 Å². The zero-order valence-corrected chi connectivity index (χ0v) is 15.4. The smallest absolute Gasteiger partial charge is 0.242 e. The molecule has 0 saturated carbocycles. The van der Waals surface area contributed by atoms with Crippen molar-refractivity contribution >= 4 is 11.7 Å². The monoisotopic (exact) mass is 345 g/mol. The molecule has 2 aromatic heterocycles. The van der Waals surface area contributed by atoms with Crippen molar-refractivity contribution in [2.75, 3.05) is 5.32 Å². The van der Waals surface area contributed by atoms with E-state index in [9.17, 15) is 4.79 Å². The Hall–Kier alpha value is -2.22. The Morgan fingerprint density at radius 2 is 2.00 bits per heavy atom. The molecule has 0 fully saturated rings. The molecule has 2 atom stereocenters. The number of nitrogens with zero attached hydrogens (tertiary/aromatic N) is 5. The van der Waals surface area contributed by atoms with E-state index in [0.29, 0.717) is 5.82 Å². The summed E-state index contributed by atoms with van der Waals surface area (Å²) in [5.41, 5.74) is 0. The fraction of sp³-hybridized carbons (Fsp3) is 0.647. The molecule has 0 spiro atoms. The zero-order chi connectivity index (χ0) is 18.0. The van der Waals surface area contributed by atoms with Gasteiger partial charge >= 0.3 is 0 Å². The highest BCUT2D eigenvalue weighted by Gasteiger charge is 2.23. The Morgan fingerprint density at radius 1 is 1.20 bits per heavy atom. The molecule has 0 aromatic carbocycles. The second-order valence-corrected chi connectivity index (χ2v) is 6.94. The van der Waals surface area contributed by atoms with Crippen LogP contribution in [0.4, 0.5) is 5.82 Å². The first kappa shape index (κ1) is 17.6. The molecule has 0 unspecified atom stereocenters. The second kappa shape index (κ2) is 7.35. The van der Waals surface area contributed by atoms with Gasteiger partial charge in [-0.05, 0) is 40.5 Å². The van der Waals surface area contributed by atoms with Crippen LogP contribution in [0.2, 0.25) is 0 Å². The molecule has 8 nitrogen and oxygen atoms in total. The number of hydrogen-bond donors (Lipinski definition) is 2. The third-order valence-electron chi connectivity index (χ3n) is 4.58. The SMILES string of the molecule is CC(C)n1nccc1NC(=O)[C@H](C)N[C@H](C)c1nnc2n1CCCC2. The van der Waals surface area contributed by atoms with Crippen molar-refractivity contribution in [3.63, 3.8) is 0 Å². The van der Waals surface area contributed by atoms with Gasteiger partial charge in [-0.2, -0.15) is 5.10 Å². The lowest BCUT2D eigenvalue weighted by Gasteiger charge is -2.22. The highest BCUT2D eigenvalue weighted by molar-refractivity contribution is 5.93. The number of carbonyl (C=O) groups excluding carboxylic acids is 1. The van der Waals surface area contributed by atoms with E-state index in [2.05, 4.69) is 30.5 Å². The predicted molar refractivity (Wildman–Crippen MR) is 95.2 cm³/mol. The van der Waals surface area contributed by atoms with Crippen molar-refractivity contribution in [2.24, 2.45) is 0 Å². The highest BCUT2D eigenvalue weighted by Crippen LogP contribution is 2.19. The Kier molecular flexibility index (Phi) is 5.17. The summed E-state index contributed by atoms with van der Waals surface area (Å²) in [5.74, 6) is 2.57. The summed E-state index contributed by atoms with van der Waals surface area (Å²) in [4.78, 5) is 12.5. The van der Waals surface area contributed by atoms with Crippen LogP contribution >= 0.6 is 0 Å². The van der Waals surface area contributed by atoms with Crippen LogP contribution in [0.3, 0.4) is 0 Å². The molecule has 0 radical (unpaired) electrons. The van der Waals surface area contributed by atoms with E-state index in [1.54, 1.807) is 10.9 Å². The molecule has 0 saturated heterocycles. The number of fused-ring (bicyclic) bond motifs is 1. The van der Waals surface area contributed by atoms with Crippen LogP contribution in [0.5, 0.6) is 0 Å². The zero-order valence-electron chi connectivity index (χ0n) is 15.4. The highest BCUT2D eigenvalue weighted by atomic mass is 16.2. The predicted octanol–water partition coefficient (Wildman–Crippen LogP) is 2.07. The first-order valence-corrected chi connectivity index (χ1v) is 8.99. The van der Waals surface area contributed by atoms with E-state index in [1.165, 1.54) is 6.42 Å². The fourth-order valence-corrected chi connectivity index (χ4v) is 3.24. The van der Waals surface area contributed by atoms with Gasteiger partial charge < -0.3 is 9.88 Å². The number of anilines is 1. The molecule has 25 heavy (non-hydrogen) atoms. The average molecular weight is 345 g/mol. The number of aromatic nitrogens is 5. The molecule has 136 valence electrons. The summed E-state index contributed by atoms with van der Waals surface area (Å²) < 4.78 is 3.97. The molecular weight excluding hydrogens is 318 g/mol. The van der Waals surface area contributed by atoms with Gasteiger partial charge in [0.25, 0.3) is 0 Å². The Morgan fingerprint density at radius 3 is 2.76 bits per heavy atom. The van der Waals surface area contributed by atoms with Gasteiger partial charge in [0.15, 0.2) is 0 Å². The first-order chi connectivity index (χ1) is 12.0. The normalized spacial score (nSPS) is 16.5. The summed E-state index contributed by atoms with van der Waals surface area (Å²) in [6, 6.07) is 1.59. The second-order valence-electron chi connectivity index (χ2n) is 6.94. The molecule has 2 aromatic rings. The van der Waals surface area contributed by atoms with Gasteiger partial charge in [-0.3, -0.25) is 10.1 Å². The maximum absolute atomic E-state index is 12.5. The Labute approximate surface area is 148 Å². The van der Waals surface area contributed by atoms with E-state index in [-0.39, 0.29) is 24.0 Å². The van der Waals surface area contributed by atoms with Gasteiger partial charge in [0.2, 0.25) is 5.91 Å². The van der Waals surface area contributed by atoms with Crippen molar-refractivity contribution in [3.05, 3.63) is 23.9 Å². The van der Waals surface area contributed by atoms with Crippen molar-refractivity contribution in [3.8, 4) is 0 Å². The summed E-state index contributed by atoms with van der Waals surface area (Å²) in [6.45, 7) is 8.89. The molecule has 2 N–H and O–H groups in total. The van der Waals surface area contributed by atoms with E-state index >= 15 is 0 Å². The van der Waals surface area contributed by atoms with E-state index in [1.807, 2.05) is 33.8 Å². The van der Waals surface area contributed by atoms with Crippen molar-refractivity contribution in [1.82, 2.24) is 29.9 Å². The first-order valence-electron chi connectivity index (χ1n) is 8.99. The summed E-state index contributed by atoms with van der Waals surface area (Å²) in [5, 5.41) is 19.1. The van der Waals surface area contributed by atoms with Gasteiger partial charge in [0.1, 0.15) is 17.5 Å². The largest absolute Gasteiger partial charge is 0.314 e. The fourth-order valence-electron chi connectivity index (χ4n) is 3.24. The number of carbonyl (C=O) groups is 1. The molecule has 3 heterocycles. The topological polar surface area (TPSA) is 89.7 Å². The van der Waals surface area contributed by atoms with Crippen LogP contribution in [-0.2, 0) is 17.8 Å². The third-order valence-corrected chi connectivity index (χ3v) is 4.58. The number of amides is 1. The van der Waals surface area contributed by atoms with Crippen LogP contribution in [0, 0.1) is 0 Å². The van der Waals surface area contributed by atoms with Gasteiger partial charge in [0, 0.05) is 25.1 Å². The lowest BCUT2D eigenvalue weighted by atomic mass is 10.1. The molecule has 0 aliphatic carbocycles. The number of aryl methyl sites for hydroxylation is 1. The lowest BCUT2D eigenvalue weighted by molar-refractivity contribution is -0.118. The van der Waals surface area contributed by atoms with Gasteiger partial charge in [-0.25, -0.2) is 4.68 Å². The quantitative estimate of drug-likeness (QED) is 0.836. The standard InChI is InChI=1S/C17H27N7O/c1-11(2)24-14(8-9-18-24)20-17(25)13(4)19-12(3)16-22-21-15-7-5-6-10-23(15)16/h8-9,11-13,19H,5-7,10H2,1-4H3,(H,20,25)/t12-,13+/m1/s1. The average Bonchev–Trinajstić information content (AvgIpc) is 3.21. The molecule has 1 aliphatic heterocycles. The van der Waals surface area contributed by atoms with Crippen LogP contribution in [-0.4, -0.2) is 36.5 Å². The van der Waals surface area contributed by atoms with Crippen molar-refractivity contribution in [2.45, 2.75) is 71.6 Å². The molecular formula is C17H27N7O. The number of hydrogen-bond acceptors (Lipinski definition) is 5. The van der Waals surface area contributed by atoms with Crippen LogP contribution < -0.4 is 10.6 Å². The minimum absolute atomic E-state index is 0.0462. The van der Waals surface area contributed by atoms with Crippen molar-refractivity contribution < 1.29 is 4.79 Å². The number of rotatable bonds is 6. The van der Waals surface area contributed by atoms with E-state index in [0.717, 1.165) is 31.0 Å². The van der Waals surface area contributed by atoms with Gasteiger partial charge in [0.05, 0.1) is 18.3 Å². The molecule has 1 aliphatic rings. The summed E-state index contributed by atoms with van der Waals surface area (Å²) >= 11 is 0. The Bertz CT molecular complexity index is 733. The van der Waals surface area contributed by atoms with Crippen LogP contribution in [0.1, 0.15) is 64.3 Å². The van der Waals surface area contributed by atoms with Crippen LogP contribution in [0.15, 0.2) is 12.3 Å². The van der Waals surface area contributed by atoms with E-state index < -0.39 is 0 Å². The number of nitrogens with one attached hydrogen (secondary N) is 2. The lowest BCUT2D eigenvalue weighted by Crippen LogP contribution is -2.40. The summed E-state index contributed by atoms with van der Waals surface area (Å²) in [7, 11) is 0. The summed E-state index contributed by atoms with van der Waals surface area (Å²) in [6.07, 6.45) is 5.00. The van der Waals surface area contributed by atoms with Crippen molar-refractivity contribution in [1.29, 1.82) is 0 Å². The van der Waals surface area contributed by atoms with E-state index in [4.69, 9.17) is 0 Å². The minimum atomic E-state index is -0.359. The molecule has 3 rings (SSSR count). The van der Waals surface area contributed by atoms with Crippen LogP contribution in [0.25, 0.3) is 0 Å².